The minimum atomic E-state index is -3.78. The second-order valence-corrected chi connectivity index (χ2v) is 13.9. The number of aromatic nitrogens is 1. The Bertz CT molecular complexity index is 1850. The molecule has 2 heterocycles. The molecule has 5 rings (SSSR count). The minimum absolute atomic E-state index is 0.181. The summed E-state index contributed by atoms with van der Waals surface area (Å²) in [6, 6.07) is 21.5. The lowest BCUT2D eigenvalue weighted by molar-refractivity contribution is -0.120. The number of hydrogen-bond donors (Lipinski definition) is 2. The SMILES string of the molecule is COC(=O)N[C@H](C(=O)Cc1cccc(F)c1CC[C@H]1CNCCN1S(=O)(=O)c1ccccc1)[C@@H](c1ccc(Cl)cc1)c1ccc(OC)nc1. The van der Waals surface area contributed by atoms with Gasteiger partial charge in [0.05, 0.1) is 19.1 Å². The van der Waals surface area contributed by atoms with E-state index in [0.29, 0.717) is 52.7 Å². The van der Waals surface area contributed by atoms with Gasteiger partial charge in [0.25, 0.3) is 0 Å². The molecule has 1 fully saturated rings. The molecule has 0 radical (unpaired) electrons. The summed E-state index contributed by atoms with van der Waals surface area (Å²) < 4.78 is 54.2. The molecule has 0 spiro atoms. The second-order valence-electron chi connectivity index (χ2n) is 11.6. The van der Waals surface area contributed by atoms with Crippen molar-refractivity contribution < 1.29 is 31.9 Å². The van der Waals surface area contributed by atoms with Crippen molar-refractivity contribution in [3.63, 3.8) is 0 Å². The molecule has 1 aromatic heterocycles. The normalized spacial score (nSPS) is 16.4. The van der Waals surface area contributed by atoms with Gasteiger partial charge in [-0.1, -0.05) is 60.1 Å². The van der Waals surface area contributed by atoms with Gasteiger partial charge < -0.3 is 20.1 Å². The number of nitrogens with one attached hydrogen (secondary N) is 2. The van der Waals surface area contributed by atoms with Gasteiger partial charge in [0, 0.05) is 55.3 Å². The fourth-order valence-electron chi connectivity index (χ4n) is 6.17. The Balaban J connectivity index is 1.44. The molecule has 2 N–H and O–H groups in total. The van der Waals surface area contributed by atoms with Gasteiger partial charge in [-0.2, -0.15) is 4.31 Å². The van der Waals surface area contributed by atoms with Crippen molar-refractivity contribution in [3.8, 4) is 5.88 Å². The number of pyridine rings is 1. The summed E-state index contributed by atoms with van der Waals surface area (Å²) in [4.78, 5) is 31.5. The molecule has 0 saturated carbocycles. The highest BCUT2D eigenvalue weighted by atomic mass is 35.5. The number of amides is 1. The van der Waals surface area contributed by atoms with Gasteiger partial charge in [-0.15, -0.1) is 0 Å². The minimum Gasteiger partial charge on any atom is -0.481 e. The Morgan fingerprint density at radius 3 is 2.43 bits per heavy atom. The summed E-state index contributed by atoms with van der Waals surface area (Å²) in [5.41, 5.74) is 2.03. The van der Waals surface area contributed by atoms with Crippen molar-refractivity contribution in [2.45, 2.75) is 42.2 Å². The van der Waals surface area contributed by atoms with E-state index in [0.717, 1.165) is 0 Å². The molecule has 0 unspecified atom stereocenters. The number of rotatable bonds is 13. The van der Waals surface area contributed by atoms with E-state index in [9.17, 15) is 18.0 Å². The Labute approximate surface area is 290 Å². The Morgan fingerprint density at radius 1 is 1.02 bits per heavy atom. The van der Waals surface area contributed by atoms with E-state index in [-0.39, 0.29) is 24.3 Å². The Morgan fingerprint density at radius 2 is 1.76 bits per heavy atom. The molecule has 0 aliphatic carbocycles. The monoisotopic (exact) mass is 708 g/mol. The topological polar surface area (TPSA) is 127 Å². The fraction of sp³-hybridized carbons (Fsp3) is 0.306. The number of carbonyl (C=O) groups is 2. The van der Waals surface area contributed by atoms with Crippen LogP contribution < -0.4 is 15.4 Å². The molecule has 10 nitrogen and oxygen atoms in total. The maximum absolute atomic E-state index is 15.5. The van der Waals surface area contributed by atoms with Crippen LogP contribution in [-0.2, 0) is 32.4 Å². The van der Waals surface area contributed by atoms with Crippen molar-refractivity contribution in [2.24, 2.45) is 0 Å². The molecule has 3 aromatic carbocycles. The van der Waals surface area contributed by atoms with Gasteiger partial charge >= 0.3 is 6.09 Å². The van der Waals surface area contributed by atoms with Gasteiger partial charge in [-0.25, -0.2) is 22.6 Å². The maximum Gasteiger partial charge on any atom is 0.407 e. The fourth-order valence-corrected chi connectivity index (χ4v) is 7.97. The maximum atomic E-state index is 15.5. The number of benzene rings is 3. The molecule has 1 amide bonds. The summed E-state index contributed by atoms with van der Waals surface area (Å²) in [5.74, 6) is -1.25. The van der Waals surface area contributed by atoms with Crippen molar-refractivity contribution in [2.75, 3.05) is 33.9 Å². The first-order valence-corrected chi connectivity index (χ1v) is 17.6. The van der Waals surface area contributed by atoms with E-state index in [1.807, 2.05) is 0 Å². The quantitative estimate of drug-likeness (QED) is 0.196. The standard InChI is InChI=1S/C36H38ClFN4O6S/c1-47-33-18-13-26(22-40-33)34(24-11-14-27(37)15-12-24)35(41-36(44)48-2)32(43)21-25-7-6-10-31(38)30(25)17-16-28-23-39-19-20-42(28)49(45,46)29-8-4-3-5-9-29/h3-15,18,22,28,34-35,39H,16-17,19-21,23H2,1-2H3,(H,41,44)/t28-,34-,35+/m0/s1. The first-order chi connectivity index (χ1) is 23.6. The first kappa shape index (κ1) is 35.9. The Kier molecular flexibility index (Phi) is 12.0. The third-order valence-electron chi connectivity index (χ3n) is 8.65. The van der Waals surface area contributed by atoms with E-state index in [1.165, 1.54) is 30.7 Å². The van der Waals surface area contributed by atoms with Gasteiger partial charge in [-0.05, 0) is 65.4 Å². The van der Waals surface area contributed by atoms with Crippen LogP contribution in [-0.4, -0.2) is 75.5 Å². The second kappa shape index (κ2) is 16.4. The molecular formula is C36H38ClFN4O6S. The average Bonchev–Trinajstić information content (AvgIpc) is 3.12. The van der Waals surface area contributed by atoms with E-state index in [4.69, 9.17) is 21.1 Å². The largest absolute Gasteiger partial charge is 0.481 e. The van der Waals surface area contributed by atoms with Crippen molar-refractivity contribution in [3.05, 3.63) is 124 Å². The number of methoxy groups -OCH3 is 2. The van der Waals surface area contributed by atoms with E-state index in [2.05, 4.69) is 15.6 Å². The number of nitrogens with zero attached hydrogens (tertiary/aromatic N) is 2. The van der Waals surface area contributed by atoms with Crippen molar-refractivity contribution in [1.29, 1.82) is 0 Å². The van der Waals surface area contributed by atoms with Crippen LogP contribution in [0.4, 0.5) is 9.18 Å². The molecular weight excluding hydrogens is 671 g/mol. The van der Waals surface area contributed by atoms with Crippen LogP contribution in [0.1, 0.15) is 34.6 Å². The third-order valence-corrected chi connectivity index (χ3v) is 10.9. The van der Waals surface area contributed by atoms with Crippen LogP contribution in [0.5, 0.6) is 5.88 Å². The highest BCUT2D eigenvalue weighted by molar-refractivity contribution is 7.89. The number of sulfonamides is 1. The molecule has 1 aliphatic rings. The molecule has 1 aliphatic heterocycles. The van der Waals surface area contributed by atoms with Gasteiger partial charge in [-0.3, -0.25) is 4.79 Å². The van der Waals surface area contributed by atoms with Gasteiger partial charge in [0.1, 0.15) is 11.9 Å². The first-order valence-electron chi connectivity index (χ1n) is 15.8. The zero-order valence-electron chi connectivity index (χ0n) is 27.1. The number of ether oxygens (including phenoxy) is 2. The number of piperazine rings is 1. The molecule has 49 heavy (non-hydrogen) atoms. The summed E-state index contributed by atoms with van der Waals surface area (Å²) in [6.07, 6.45) is 1.03. The number of hydrogen-bond acceptors (Lipinski definition) is 8. The summed E-state index contributed by atoms with van der Waals surface area (Å²) >= 11 is 6.18. The predicted molar refractivity (Wildman–Crippen MR) is 184 cm³/mol. The lowest BCUT2D eigenvalue weighted by Crippen LogP contribution is -2.53. The molecule has 0 bridgehead atoms. The lowest BCUT2D eigenvalue weighted by Gasteiger charge is -2.35. The Hall–Kier alpha value is -4.36. The summed E-state index contributed by atoms with van der Waals surface area (Å²) in [5, 5.41) is 6.45. The van der Waals surface area contributed by atoms with Crippen LogP contribution in [0.15, 0.2) is 96.0 Å². The predicted octanol–water partition coefficient (Wildman–Crippen LogP) is 5.15. The molecule has 4 aromatic rings. The van der Waals surface area contributed by atoms with Crippen LogP contribution in [0.25, 0.3) is 0 Å². The molecule has 13 heteroatoms. The third kappa shape index (κ3) is 8.63. The van der Waals surface area contributed by atoms with Crippen LogP contribution >= 0.6 is 11.6 Å². The van der Waals surface area contributed by atoms with E-state index >= 15 is 4.39 Å². The summed E-state index contributed by atoms with van der Waals surface area (Å²) in [6.45, 7) is 1.17. The van der Waals surface area contributed by atoms with Crippen LogP contribution in [0.3, 0.4) is 0 Å². The lowest BCUT2D eigenvalue weighted by atomic mass is 9.82. The smallest absolute Gasteiger partial charge is 0.407 e. The number of carbonyl (C=O) groups excluding carboxylic acids is 2. The molecule has 3 atom stereocenters. The van der Waals surface area contributed by atoms with Crippen LogP contribution in [0, 0.1) is 5.82 Å². The number of halogens is 2. The van der Waals surface area contributed by atoms with Gasteiger partial charge in [0.15, 0.2) is 5.78 Å². The molecule has 258 valence electrons. The zero-order valence-corrected chi connectivity index (χ0v) is 28.7. The summed E-state index contributed by atoms with van der Waals surface area (Å²) in [7, 11) is -1.08. The highest BCUT2D eigenvalue weighted by Gasteiger charge is 2.35. The number of alkyl carbamates (subject to hydrolysis) is 1. The van der Waals surface area contributed by atoms with Crippen molar-refractivity contribution in [1.82, 2.24) is 19.9 Å². The van der Waals surface area contributed by atoms with Crippen LogP contribution in [0.2, 0.25) is 5.02 Å². The number of Topliss-reactive ketones (excluding diaryl/α,β-unsaturated/α-hetero) is 1. The van der Waals surface area contributed by atoms with E-state index in [1.54, 1.807) is 79.0 Å². The average molecular weight is 709 g/mol. The van der Waals surface area contributed by atoms with Crippen molar-refractivity contribution >= 4 is 33.5 Å². The molecule has 1 saturated heterocycles. The van der Waals surface area contributed by atoms with Gasteiger partial charge in [0.2, 0.25) is 15.9 Å². The van der Waals surface area contributed by atoms with E-state index < -0.39 is 45.7 Å². The zero-order chi connectivity index (χ0) is 35.0. The number of ketones is 1. The highest BCUT2D eigenvalue weighted by Crippen LogP contribution is 2.32.